The van der Waals surface area contributed by atoms with E-state index >= 15 is 0 Å². The van der Waals surface area contributed by atoms with E-state index in [1.165, 1.54) is 0 Å². The molecule has 18 heavy (non-hydrogen) atoms. The number of benzene rings is 1. The Hall–Kier alpha value is -2.35. The Labute approximate surface area is 105 Å². The zero-order valence-electron chi connectivity index (χ0n) is 10.0. The van der Waals surface area contributed by atoms with E-state index in [-0.39, 0.29) is 0 Å². The first-order chi connectivity index (χ1) is 8.76. The molecule has 1 aromatic carbocycles. The van der Waals surface area contributed by atoms with E-state index in [2.05, 4.69) is 11.2 Å². The summed E-state index contributed by atoms with van der Waals surface area (Å²) in [5.41, 5.74) is 1.09. The number of carbonyl (C=O) groups excluding carboxylic acids is 1. The third kappa shape index (κ3) is 2.33. The highest BCUT2D eigenvalue weighted by molar-refractivity contribution is 6.37. The van der Waals surface area contributed by atoms with Crippen molar-refractivity contribution in [1.29, 1.82) is 5.26 Å². The molecule has 0 amide bonds. The number of hydrogen-bond acceptors (Lipinski definition) is 5. The molecule has 1 atom stereocenters. The van der Waals surface area contributed by atoms with Gasteiger partial charge in [-0.05, 0) is 19.1 Å². The summed E-state index contributed by atoms with van der Waals surface area (Å²) in [6, 6.07) is 11.0. The fraction of sp³-hybridized carbons (Fsp3) is 0.308. The molecule has 5 heteroatoms. The minimum atomic E-state index is -0.452. The number of rotatable bonds is 3. The third-order valence-corrected chi connectivity index (χ3v) is 2.59. The fourth-order valence-electron chi connectivity index (χ4n) is 1.77. The number of hydrazone groups is 1. The van der Waals surface area contributed by atoms with E-state index in [0.717, 1.165) is 5.69 Å². The molecular formula is C13H13N3O2. The van der Waals surface area contributed by atoms with Crippen molar-refractivity contribution in [1.82, 2.24) is 0 Å². The Morgan fingerprint density at radius 2 is 2.28 bits per heavy atom. The Morgan fingerprint density at radius 3 is 2.89 bits per heavy atom. The minimum absolute atomic E-state index is 0.296. The summed E-state index contributed by atoms with van der Waals surface area (Å²) < 4.78 is 4.90. The molecule has 1 aromatic rings. The average molecular weight is 243 g/mol. The lowest BCUT2D eigenvalue weighted by atomic mass is 10.1. The summed E-state index contributed by atoms with van der Waals surface area (Å²) in [4.78, 5) is 11.6. The highest BCUT2D eigenvalue weighted by Crippen LogP contribution is 2.24. The van der Waals surface area contributed by atoms with E-state index in [1.807, 2.05) is 30.3 Å². The second-order valence-corrected chi connectivity index (χ2v) is 3.80. The molecule has 5 nitrogen and oxygen atoms in total. The lowest BCUT2D eigenvalue weighted by Gasteiger charge is -2.17. The van der Waals surface area contributed by atoms with Crippen LogP contribution in [0.4, 0.5) is 5.69 Å². The van der Waals surface area contributed by atoms with Gasteiger partial charge in [0.2, 0.25) is 0 Å². The van der Waals surface area contributed by atoms with Gasteiger partial charge in [-0.1, -0.05) is 18.2 Å². The lowest BCUT2D eigenvalue weighted by molar-refractivity contribution is -0.135. The predicted molar refractivity (Wildman–Crippen MR) is 67.0 cm³/mol. The molecule has 0 aromatic heterocycles. The normalized spacial score (nSPS) is 18.1. The lowest BCUT2D eigenvalue weighted by Crippen LogP contribution is -2.24. The van der Waals surface area contributed by atoms with E-state index in [0.29, 0.717) is 18.7 Å². The first-order valence-electron chi connectivity index (χ1n) is 5.74. The highest BCUT2D eigenvalue weighted by Gasteiger charge is 2.31. The maximum Gasteiger partial charge on any atom is 0.354 e. The molecule has 1 heterocycles. The first-order valence-corrected chi connectivity index (χ1v) is 5.74. The molecule has 0 radical (unpaired) electrons. The number of hydrogen-bond donors (Lipinski definition) is 0. The number of anilines is 1. The van der Waals surface area contributed by atoms with Gasteiger partial charge < -0.3 is 4.74 Å². The van der Waals surface area contributed by atoms with Crippen LogP contribution in [-0.2, 0) is 9.53 Å². The standard InChI is InChI=1S/C13H13N3O2/c1-2-18-13(17)12-8-11(9-14)16(15-12)10-6-4-3-5-7-10/h3-7,11H,2,8H2,1H3. The quantitative estimate of drug-likeness (QED) is 0.758. The van der Waals surface area contributed by atoms with Gasteiger partial charge in [-0.2, -0.15) is 10.4 Å². The van der Waals surface area contributed by atoms with Crippen molar-refractivity contribution < 1.29 is 9.53 Å². The fourth-order valence-corrected chi connectivity index (χ4v) is 1.77. The monoisotopic (exact) mass is 243 g/mol. The molecule has 92 valence electrons. The van der Waals surface area contributed by atoms with E-state index in [1.54, 1.807) is 11.9 Å². The summed E-state index contributed by atoms with van der Waals surface area (Å²) in [6.07, 6.45) is 0.296. The van der Waals surface area contributed by atoms with Gasteiger partial charge in [0.25, 0.3) is 0 Å². The number of esters is 1. The minimum Gasteiger partial charge on any atom is -0.461 e. The molecule has 0 saturated heterocycles. The number of ether oxygens (including phenoxy) is 1. The van der Waals surface area contributed by atoms with Gasteiger partial charge in [-0.15, -0.1) is 0 Å². The van der Waals surface area contributed by atoms with Crippen LogP contribution < -0.4 is 5.01 Å². The summed E-state index contributed by atoms with van der Waals surface area (Å²) in [5.74, 6) is -0.448. The van der Waals surface area contributed by atoms with Crippen molar-refractivity contribution in [3.63, 3.8) is 0 Å². The summed E-state index contributed by atoms with van der Waals surface area (Å²) in [5, 5.41) is 14.9. The Balaban J connectivity index is 2.24. The molecule has 0 aliphatic carbocycles. The Kier molecular flexibility index (Phi) is 3.58. The molecule has 0 saturated carbocycles. The highest BCUT2D eigenvalue weighted by atomic mass is 16.5. The van der Waals surface area contributed by atoms with Crippen LogP contribution in [0.3, 0.4) is 0 Å². The molecule has 1 unspecified atom stereocenters. The molecule has 1 aliphatic rings. The van der Waals surface area contributed by atoms with Gasteiger partial charge >= 0.3 is 5.97 Å². The summed E-state index contributed by atoms with van der Waals surface area (Å²) in [7, 11) is 0. The van der Waals surface area contributed by atoms with E-state index in [9.17, 15) is 4.79 Å². The van der Waals surface area contributed by atoms with Crippen LogP contribution in [0, 0.1) is 11.3 Å². The van der Waals surface area contributed by atoms with Gasteiger partial charge in [-0.3, -0.25) is 0 Å². The van der Waals surface area contributed by atoms with Crippen molar-refractivity contribution in [2.75, 3.05) is 11.6 Å². The average Bonchev–Trinajstić information content (AvgIpc) is 2.84. The van der Waals surface area contributed by atoms with E-state index < -0.39 is 12.0 Å². The topological polar surface area (TPSA) is 65.7 Å². The number of para-hydroxylation sites is 1. The second-order valence-electron chi connectivity index (χ2n) is 3.80. The molecule has 2 rings (SSSR count). The van der Waals surface area contributed by atoms with Crippen molar-refractivity contribution in [2.24, 2.45) is 5.10 Å². The molecule has 0 fully saturated rings. The number of nitrogens with zero attached hydrogens (tertiary/aromatic N) is 3. The van der Waals surface area contributed by atoms with Crippen molar-refractivity contribution in [2.45, 2.75) is 19.4 Å². The van der Waals surface area contributed by atoms with Gasteiger partial charge in [-0.25, -0.2) is 9.80 Å². The van der Waals surface area contributed by atoms with Gasteiger partial charge in [0.15, 0.2) is 0 Å². The maximum absolute atomic E-state index is 11.6. The number of carbonyl (C=O) groups is 1. The van der Waals surface area contributed by atoms with Crippen LogP contribution in [0.25, 0.3) is 0 Å². The summed E-state index contributed by atoms with van der Waals surface area (Å²) >= 11 is 0. The Bertz CT molecular complexity index is 505. The molecular weight excluding hydrogens is 230 g/mol. The zero-order chi connectivity index (χ0) is 13.0. The van der Waals surface area contributed by atoms with Crippen LogP contribution in [0.15, 0.2) is 35.4 Å². The third-order valence-electron chi connectivity index (χ3n) is 2.59. The smallest absolute Gasteiger partial charge is 0.354 e. The molecule has 0 N–H and O–H groups in total. The van der Waals surface area contributed by atoms with Crippen molar-refractivity contribution in [3.05, 3.63) is 30.3 Å². The summed E-state index contributed by atoms with van der Waals surface area (Å²) in [6.45, 7) is 2.05. The maximum atomic E-state index is 11.6. The van der Waals surface area contributed by atoms with Crippen molar-refractivity contribution in [3.8, 4) is 6.07 Å². The van der Waals surface area contributed by atoms with Gasteiger partial charge in [0.05, 0.1) is 18.4 Å². The van der Waals surface area contributed by atoms with Crippen LogP contribution in [0.2, 0.25) is 0 Å². The van der Waals surface area contributed by atoms with Crippen LogP contribution >= 0.6 is 0 Å². The van der Waals surface area contributed by atoms with Crippen LogP contribution in [-0.4, -0.2) is 24.3 Å². The zero-order valence-corrected chi connectivity index (χ0v) is 10.0. The first kappa shape index (κ1) is 12.1. The van der Waals surface area contributed by atoms with Crippen LogP contribution in [0.5, 0.6) is 0 Å². The van der Waals surface area contributed by atoms with E-state index in [4.69, 9.17) is 10.00 Å². The number of nitriles is 1. The van der Waals surface area contributed by atoms with Gasteiger partial charge in [0.1, 0.15) is 11.8 Å². The Morgan fingerprint density at radius 1 is 1.56 bits per heavy atom. The van der Waals surface area contributed by atoms with Crippen LogP contribution in [0.1, 0.15) is 13.3 Å². The molecule has 0 bridgehead atoms. The molecule has 0 spiro atoms. The largest absolute Gasteiger partial charge is 0.461 e. The SMILES string of the molecule is CCOC(=O)C1=NN(c2ccccc2)C(C#N)C1. The second kappa shape index (κ2) is 5.32. The predicted octanol–water partition coefficient (Wildman–Crippen LogP) is 1.71. The van der Waals surface area contributed by atoms with Crippen molar-refractivity contribution >= 4 is 17.4 Å². The van der Waals surface area contributed by atoms with Gasteiger partial charge in [0, 0.05) is 6.42 Å². The molecule has 1 aliphatic heterocycles.